The Morgan fingerprint density at radius 1 is 1.30 bits per heavy atom. The van der Waals surface area contributed by atoms with Crippen molar-refractivity contribution >= 4 is 11.9 Å². The summed E-state index contributed by atoms with van der Waals surface area (Å²) in [5.41, 5.74) is 5.21. The van der Waals surface area contributed by atoms with Crippen molar-refractivity contribution in [1.29, 1.82) is 0 Å². The third-order valence-electron chi connectivity index (χ3n) is 4.54. The first-order valence-electron chi connectivity index (χ1n) is 7.48. The smallest absolute Gasteiger partial charge is 0.317 e. The summed E-state index contributed by atoms with van der Waals surface area (Å²) in [5.74, 6) is 0.119. The van der Waals surface area contributed by atoms with E-state index in [0.717, 1.165) is 19.4 Å². The lowest BCUT2D eigenvalue weighted by atomic mass is 9.92. The van der Waals surface area contributed by atoms with E-state index in [0.29, 0.717) is 18.9 Å². The number of hydrogen-bond donors (Lipinski definition) is 2. The second kappa shape index (κ2) is 6.43. The fraction of sp³-hybridized carbons (Fsp3) is 0.857. The number of hydrogen-bond acceptors (Lipinski definition) is 3. The highest BCUT2D eigenvalue weighted by Gasteiger charge is 2.31. The van der Waals surface area contributed by atoms with Gasteiger partial charge in [0, 0.05) is 19.1 Å². The molecule has 6 nitrogen and oxygen atoms in total. The SMILES string of the molecule is C[C@@H]1CCCN(C(=O)NC[C@@H]2CC[C@H](C(N)=O)O2)[C@@H]1C. The van der Waals surface area contributed by atoms with Crippen LogP contribution in [-0.2, 0) is 9.53 Å². The molecule has 2 aliphatic rings. The van der Waals surface area contributed by atoms with E-state index in [-0.39, 0.29) is 18.2 Å². The summed E-state index contributed by atoms with van der Waals surface area (Å²) < 4.78 is 5.50. The van der Waals surface area contributed by atoms with Crippen LogP contribution in [0.4, 0.5) is 4.79 Å². The number of likely N-dealkylation sites (tertiary alicyclic amines) is 1. The summed E-state index contributed by atoms with van der Waals surface area (Å²) in [6, 6.07) is 0.238. The summed E-state index contributed by atoms with van der Waals surface area (Å²) in [6.45, 7) is 5.53. The fourth-order valence-corrected chi connectivity index (χ4v) is 2.99. The number of ether oxygens (including phenoxy) is 1. The number of nitrogens with two attached hydrogens (primary N) is 1. The fourth-order valence-electron chi connectivity index (χ4n) is 2.99. The second-order valence-electron chi connectivity index (χ2n) is 5.97. The van der Waals surface area contributed by atoms with E-state index >= 15 is 0 Å². The van der Waals surface area contributed by atoms with E-state index in [2.05, 4.69) is 19.2 Å². The van der Waals surface area contributed by atoms with E-state index in [1.165, 1.54) is 6.42 Å². The van der Waals surface area contributed by atoms with Crippen LogP contribution in [0.3, 0.4) is 0 Å². The zero-order valence-electron chi connectivity index (χ0n) is 12.3. The summed E-state index contributed by atoms with van der Waals surface area (Å²) in [7, 11) is 0. The van der Waals surface area contributed by atoms with Crippen LogP contribution in [0, 0.1) is 5.92 Å². The van der Waals surface area contributed by atoms with Crippen LogP contribution >= 0.6 is 0 Å². The molecule has 2 heterocycles. The predicted octanol–water partition coefficient (Wildman–Crippen LogP) is 0.849. The van der Waals surface area contributed by atoms with Gasteiger partial charge >= 0.3 is 6.03 Å². The molecule has 0 radical (unpaired) electrons. The maximum Gasteiger partial charge on any atom is 0.317 e. The molecule has 0 aliphatic carbocycles. The van der Waals surface area contributed by atoms with Gasteiger partial charge in [0.05, 0.1) is 6.10 Å². The van der Waals surface area contributed by atoms with E-state index in [9.17, 15) is 9.59 Å². The van der Waals surface area contributed by atoms with Crippen molar-refractivity contribution in [1.82, 2.24) is 10.2 Å². The zero-order chi connectivity index (χ0) is 14.7. The quantitative estimate of drug-likeness (QED) is 0.805. The van der Waals surface area contributed by atoms with Crippen LogP contribution in [-0.4, -0.2) is 48.2 Å². The summed E-state index contributed by atoms with van der Waals surface area (Å²) in [6.07, 6.45) is 3.05. The van der Waals surface area contributed by atoms with Gasteiger partial charge in [-0.15, -0.1) is 0 Å². The van der Waals surface area contributed by atoms with Crippen LogP contribution in [0.1, 0.15) is 39.5 Å². The van der Waals surface area contributed by atoms with Crippen molar-refractivity contribution in [3.63, 3.8) is 0 Å². The largest absolute Gasteiger partial charge is 0.367 e. The average molecular weight is 283 g/mol. The average Bonchev–Trinajstić information content (AvgIpc) is 2.88. The Labute approximate surface area is 120 Å². The van der Waals surface area contributed by atoms with Crippen molar-refractivity contribution in [3.8, 4) is 0 Å². The van der Waals surface area contributed by atoms with Gasteiger partial charge in [-0.3, -0.25) is 4.79 Å². The normalized spacial score (nSPS) is 34.0. The molecule has 0 unspecified atom stereocenters. The first-order valence-corrected chi connectivity index (χ1v) is 7.48. The van der Waals surface area contributed by atoms with Crippen molar-refractivity contribution in [2.24, 2.45) is 11.7 Å². The molecule has 2 aliphatic heterocycles. The maximum atomic E-state index is 12.2. The Balaban J connectivity index is 1.76. The molecule has 4 atom stereocenters. The van der Waals surface area contributed by atoms with Crippen LogP contribution in [0.5, 0.6) is 0 Å². The molecule has 0 bridgehead atoms. The minimum Gasteiger partial charge on any atom is -0.367 e. The first-order chi connectivity index (χ1) is 9.49. The number of nitrogens with one attached hydrogen (secondary N) is 1. The van der Waals surface area contributed by atoms with Gasteiger partial charge < -0.3 is 20.7 Å². The molecule has 6 heteroatoms. The van der Waals surface area contributed by atoms with Crippen LogP contribution in [0.2, 0.25) is 0 Å². The van der Waals surface area contributed by atoms with Crippen LogP contribution in [0.15, 0.2) is 0 Å². The molecule has 20 heavy (non-hydrogen) atoms. The Morgan fingerprint density at radius 2 is 2.05 bits per heavy atom. The lowest BCUT2D eigenvalue weighted by molar-refractivity contribution is -0.128. The van der Waals surface area contributed by atoms with Crippen molar-refractivity contribution < 1.29 is 14.3 Å². The molecular formula is C14H25N3O3. The molecule has 0 saturated carbocycles. The minimum atomic E-state index is -0.495. The van der Waals surface area contributed by atoms with E-state index in [1.54, 1.807) is 0 Å². The van der Waals surface area contributed by atoms with Crippen molar-refractivity contribution in [3.05, 3.63) is 0 Å². The van der Waals surface area contributed by atoms with Gasteiger partial charge in [0.15, 0.2) is 0 Å². The van der Waals surface area contributed by atoms with Gasteiger partial charge in [0.2, 0.25) is 5.91 Å². The molecular weight excluding hydrogens is 258 g/mol. The van der Waals surface area contributed by atoms with E-state index in [1.807, 2.05) is 4.90 Å². The standard InChI is InChI=1S/C14H25N3O3/c1-9-4-3-7-17(10(9)2)14(19)16-8-11-5-6-12(20-11)13(15)18/h9-12H,3-8H2,1-2H3,(H2,15,18)(H,16,19)/t9-,10-,11+,12-/m1/s1. The molecule has 3 amide bonds. The number of urea groups is 1. The highest BCUT2D eigenvalue weighted by atomic mass is 16.5. The summed E-state index contributed by atoms with van der Waals surface area (Å²) >= 11 is 0. The Morgan fingerprint density at radius 3 is 2.70 bits per heavy atom. The maximum absolute atomic E-state index is 12.2. The number of primary amides is 1. The van der Waals surface area contributed by atoms with Gasteiger partial charge in [0.25, 0.3) is 0 Å². The number of carbonyl (C=O) groups excluding carboxylic acids is 2. The summed E-state index contributed by atoms with van der Waals surface area (Å²) in [4.78, 5) is 25.1. The number of nitrogens with zero attached hydrogens (tertiary/aromatic N) is 1. The molecule has 0 spiro atoms. The zero-order valence-corrected chi connectivity index (χ0v) is 12.3. The lowest BCUT2D eigenvalue weighted by Crippen LogP contribution is -2.51. The molecule has 3 N–H and O–H groups in total. The number of rotatable bonds is 3. The molecule has 0 aromatic rings. The minimum absolute atomic E-state index is 0.0322. The van der Waals surface area contributed by atoms with E-state index < -0.39 is 12.0 Å². The third-order valence-corrected chi connectivity index (χ3v) is 4.54. The van der Waals surface area contributed by atoms with Gasteiger partial charge in [-0.25, -0.2) is 4.79 Å². The number of carbonyl (C=O) groups is 2. The van der Waals surface area contributed by atoms with Gasteiger partial charge in [-0.05, 0) is 38.5 Å². The Bertz CT molecular complexity index is 375. The Kier molecular flexibility index (Phi) is 4.86. The molecule has 2 fully saturated rings. The predicted molar refractivity (Wildman–Crippen MR) is 75.1 cm³/mol. The molecule has 0 aromatic heterocycles. The highest BCUT2D eigenvalue weighted by molar-refractivity contribution is 5.79. The van der Waals surface area contributed by atoms with Crippen molar-refractivity contribution in [2.75, 3.05) is 13.1 Å². The number of piperidine rings is 1. The monoisotopic (exact) mass is 283 g/mol. The molecule has 2 rings (SSSR count). The van der Waals surface area contributed by atoms with Gasteiger partial charge in [-0.2, -0.15) is 0 Å². The van der Waals surface area contributed by atoms with Crippen LogP contribution < -0.4 is 11.1 Å². The third kappa shape index (κ3) is 3.42. The molecule has 0 aromatic carbocycles. The Hall–Kier alpha value is -1.30. The summed E-state index contributed by atoms with van der Waals surface area (Å²) in [5, 5.41) is 2.91. The molecule has 2 saturated heterocycles. The topological polar surface area (TPSA) is 84.7 Å². The van der Waals surface area contributed by atoms with Crippen molar-refractivity contribution in [2.45, 2.75) is 57.8 Å². The van der Waals surface area contributed by atoms with Gasteiger partial charge in [0.1, 0.15) is 6.10 Å². The second-order valence-corrected chi connectivity index (χ2v) is 5.97. The number of amides is 3. The van der Waals surface area contributed by atoms with E-state index in [4.69, 9.17) is 10.5 Å². The highest BCUT2D eigenvalue weighted by Crippen LogP contribution is 2.23. The first kappa shape index (κ1) is 15.1. The molecule has 114 valence electrons. The van der Waals surface area contributed by atoms with Gasteiger partial charge in [-0.1, -0.05) is 6.92 Å². The lowest BCUT2D eigenvalue weighted by Gasteiger charge is -2.38. The van der Waals surface area contributed by atoms with Crippen LogP contribution in [0.25, 0.3) is 0 Å².